The van der Waals surface area contributed by atoms with Gasteiger partial charge in [-0.05, 0) is 18.8 Å². The lowest BCUT2D eigenvalue weighted by molar-refractivity contribution is 0.309. The molecule has 2 aromatic heterocycles. The first kappa shape index (κ1) is 8.64. The van der Waals surface area contributed by atoms with Crippen molar-refractivity contribution in [2.24, 2.45) is 5.92 Å². The summed E-state index contributed by atoms with van der Waals surface area (Å²) in [6.07, 6.45) is 5.78. The van der Waals surface area contributed by atoms with Gasteiger partial charge in [0.1, 0.15) is 12.1 Å². The van der Waals surface area contributed by atoms with Crippen molar-refractivity contribution in [3.63, 3.8) is 0 Å². The van der Waals surface area contributed by atoms with Gasteiger partial charge in [-0.25, -0.2) is 9.97 Å². The molecule has 0 atom stereocenters. The van der Waals surface area contributed by atoms with Crippen molar-refractivity contribution < 1.29 is 0 Å². The summed E-state index contributed by atoms with van der Waals surface area (Å²) in [5, 5.41) is 11.2. The van der Waals surface area contributed by atoms with Gasteiger partial charge in [0.05, 0.1) is 11.6 Å². The van der Waals surface area contributed by atoms with Crippen LogP contribution in [0.25, 0.3) is 11.0 Å². The Bertz CT molecular complexity index is 471. The molecule has 5 heteroatoms. The molecule has 0 unspecified atom stereocenters. The van der Waals surface area contributed by atoms with Crippen molar-refractivity contribution in [3.8, 4) is 0 Å². The molecule has 0 bridgehead atoms. The minimum atomic E-state index is 0.563. The van der Waals surface area contributed by atoms with E-state index in [2.05, 4.69) is 32.4 Å². The molecule has 3 rings (SSSR count). The number of nitrogens with zero attached hydrogens (tertiary/aromatic N) is 3. The maximum absolute atomic E-state index is 4.24. The second kappa shape index (κ2) is 3.18. The van der Waals surface area contributed by atoms with Gasteiger partial charge >= 0.3 is 0 Å². The van der Waals surface area contributed by atoms with E-state index in [-0.39, 0.29) is 0 Å². The monoisotopic (exact) mass is 203 g/mol. The SMILES string of the molecule is CC1CC(Nc2ncnc3[nH]ncc23)C1. The molecule has 78 valence electrons. The lowest BCUT2D eigenvalue weighted by Crippen LogP contribution is -2.34. The van der Waals surface area contributed by atoms with Gasteiger partial charge < -0.3 is 5.32 Å². The van der Waals surface area contributed by atoms with Crippen molar-refractivity contribution in [1.82, 2.24) is 20.2 Å². The van der Waals surface area contributed by atoms with Crippen LogP contribution in [-0.2, 0) is 0 Å². The van der Waals surface area contributed by atoms with Gasteiger partial charge in [-0.1, -0.05) is 6.92 Å². The molecule has 2 aromatic rings. The summed E-state index contributed by atoms with van der Waals surface area (Å²) < 4.78 is 0. The Morgan fingerprint density at radius 1 is 1.40 bits per heavy atom. The highest BCUT2D eigenvalue weighted by molar-refractivity contribution is 5.85. The Morgan fingerprint density at radius 3 is 3.07 bits per heavy atom. The molecule has 5 nitrogen and oxygen atoms in total. The molecule has 1 saturated carbocycles. The first-order valence-corrected chi connectivity index (χ1v) is 5.23. The van der Waals surface area contributed by atoms with E-state index >= 15 is 0 Å². The summed E-state index contributed by atoms with van der Waals surface area (Å²) in [7, 11) is 0. The normalized spacial score (nSPS) is 25.1. The number of fused-ring (bicyclic) bond motifs is 1. The molecule has 15 heavy (non-hydrogen) atoms. The topological polar surface area (TPSA) is 66.5 Å². The van der Waals surface area contributed by atoms with E-state index in [1.165, 1.54) is 12.8 Å². The van der Waals surface area contributed by atoms with Crippen LogP contribution in [0.4, 0.5) is 5.82 Å². The van der Waals surface area contributed by atoms with Crippen molar-refractivity contribution in [1.29, 1.82) is 0 Å². The standard InChI is InChI=1S/C10H13N5/c1-6-2-7(3-6)14-9-8-4-13-15-10(8)12-5-11-9/h4-7H,2-3H2,1H3,(H2,11,12,13,14,15). The van der Waals surface area contributed by atoms with Crippen LogP contribution >= 0.6 is 0 Å². The van der Waals surface area contributed by atoms with Crippen LogP contribution in [0.2, 0.25) is 0 Å². The number of hydrogen-bond donors (Lipinski definition) is 2. The predicted molar refractivity (Wildman–Crippen MR) is 57.5 cm³/mol. The maximum Gasteiger partial charge on any atom is 0.160 e. The third-order valence-corrected chi connectivity index (χ3v) is 2.96. The Hall–Kier alpha value is -1.65. The van der Waals surface area contributed by atoms with Gasteiger partial charge in [0.2, 0.25) is 0 Å². The zero-order valence-electron chi connectivity index (χ0n) is 8.57. The lowest BCUT2D eigenvalue weighted by Gasteiger charge is -2.33. The third-order valence-electron chi connectivity index (χ3n) is 2.96. The zero-order chi connectivity index (χ0) is 10.3. The average Bonchev–Trinajstić information content (AvgIpc) is 2.64. The van der Waals surface area contributed by atoms with E-state index in [0.29, 0.717) is 6.04 Å². The van der Waals surface area contributed by atoms with Crippen molar-refractivity contribution in [3.05, 3.63) is 12.5 Å². The highest BCUT2D eigenvalue weighted by Crippen LogP contribution is 2.30. The van der Waals surface area contributed by atoms with Crippen LogP contribution < -0.4 is 5.32 Å². The molecular formula is C10H13N5. The van der Waals surface area contributed by atoms with Gasteiger partial charge in [0.25, 0.3) is 0 Å². The number of aromatic amines is 1. The van der Waals surface area contributed by atoms with Gasteiger partial charge in [-0.15, -0.1) is 0 Å². The van der Waals surface area contributed by atoms with Crippen molar-refractivity contribution >= 4 is 16.9 Å². The number of anilines is 1. The second-order valence-electron chi connectivity index (χ2n) is 4.27. The minimum absolute atomic E-state index is 0.563. The Kier molecular flexibility index (Phi) is 1.83. The first-order valence-electron chi connectivity index (χ1n) is 5.23. The molecule has 0 amide bonds. The van der Waals surface area contributed by atoms with E-state index in [9.17, 15) is 0 Å². The van der Waals surface area contributed by atoms with E-state index in [4.69, 9.17) is 0 Å². The maximum atomic E-state index is 4.24. The fourth-order valence-electron chi connectivity index (χ4n) is 2.09. The van der Waals surface area contributed by atoms with Crippen LogP contribution in [0.1, 0.15) is 19.8 Å². The van der Waals surface area contributed by atoms with Crippen molar-refractivity contribution in [2.45, 2.75) is 25.8 Å². The number of hydrogen-bond acceptors (Lipinski definition) is 4. The summed E-state index contributed by atoms with van der Waals surface area (Å²) in [6.45, 7) is 2.27. The van der Waals surface area contributed by atoms with Crippen LogP contribution in [0, 0.1) is 5.92 Å². The van der Waals surface area contributed by atoms with Crippen LogP contribution in [0.3, 0.4) is 0 Å². The van der Waals surface area contributed by atoms with E-state index in [1.807, 2.05) is 0 Å². The van der Waals surface area contributed by atoms with Gasteiger partial charge in [-0.2, -0.15) is 5.10 Å². The second-order valence-corrected chi connectivity index (χ2v) is 4.27. The van der Waals surface area contributed by atoms with Gasteiger partial charge in [0, 0.05) is 6.04 Å². The quantitative estimate of drug-likeness (QED) is 0.777. The molecule has 1 fully saturated rings. The van der Waals surface area contributed by atoms with E-state index in [1.54, 1.807) is 12.5 Å². The lowest BCUT2D eigenvalue weighted by atomic mass is 9.82. The fraction of sp³-hybridized carbons (Fsp3) is 0.500. The largest absolute Gasteiger partial charge is 0.367 e. The molecule has 2 N–H and O–H groups in total. The molecule has 1 aliphatic carbocycles. The number of H-pyrrole nitrogens is 1. The molecule has 0 saturated heterocycles. The Balaban J connectivity index is 1.87. The molecule has 1 aliphatic rings. The number of aromatic nitrogens is 4. The van der Waals surface area contributed by atoms with Gasteiger partial charge in [-0.3, -0.25) is 5.10 Å². The van der Waals surface area contributed by atoms with E-state index < -0.39 is 0 Å². The summed E-state index contributed by atoms with van der Waals surface area (Å²) in [5.41, 5.74) is 0.792. The predicted octanol–water partition coefficient (Wildman–Crippen LogP) is 1.56. The Morgan fingerprint density at radius 2 is 2.27 bits per heavy atom. The van der Waals surface area contributed by atoms with Crippen LogP contribution in [0.15, 0.2) is 12.5 Å². The minimum Gasteiger partial charge on any atom is -0.367 e. The molecule has 2 heterocycles. The highest BCUT2D eigenvalue weighted by Gasteiger charge is 2.25. The molecular weight excluding hydrogens is 190 g/mol. The average molecular weight is 203 g/mol. The number of rotatable bonds is 2. The van der Waals surface area contributed by atoms with Crippen molar-refractivity contribution in [2.75, 3.05) is 5.32 Å². The molecule has 0 radical (unpaired) electrons. The summed E-state index contributed by atoms with van der Waals surface area (Å²) in [4.78, 5) is 8.34. The van der Waals surface area contributed by atoms with Gasteiger partial charge in [0.15, 0.2) is 5.65 Å². The number of nitrogens with one attached hydrogen (secondary N) is 2. The highest BCUT2D eigenvalue weighted by atomic mass is 15.2. The van der Waals surface area contributed by atoms with E-state index in [0.717, 1.165) is 22.8 Å². The Labute approximate surface area is 87.3 Å². The smallest absolute Gasteiger partial charge is 0.160 e. The third kappa shape index (κ3) is 1.44. The summed E-state index contributed by atoms with van der Waals surface area (Å²) >= 11 is 0. The summed E-state index contributed by atoms with van der Waals surface area (Å²) in [6, 6.07) is 0.563. The molecule has 0 spiro atoms. The van der Waals surface area contributed by atoms with Crippen LogP contribution in [0.5, 0.6) is 0 Å². The van der Waals surface area contributed by atoms with Crippen LogP contribution in [-0.4, -0.2) is 26.2 Å². The first-order chi connectivity index (χ1) is 7.33. The molecule has 0 aliphatic heterocycles. The summed E-state index contributed by atoms with van der Waals surface area (Å²) in [5.74, 6) is 1.73. The zero-order valence-corrected chi connectivity index (χ0v) is 8.57. The molecule has 0 aromatic carbocycles. The fourth-order valence-corrected chi connectivity index (χ4v) is 2.09.